The molecule has 6 nitrogen and oxygen atoms in total. The maximum absolute atomic E-state index is 12.9. The van der Waals surface area contributed by atoms with Crippen LogP contribution in [0.3, 0.4) is 0 Å². The fourth-order valence-electron chi connectivity index (χ4n) is 3.90. The third-order valence-corrected chi connectivity index (χ3v) is 5.42. The number of hydrogen-bond donors (Lipinski definition) is 1. The molecule has 0 saturated carbocycles. The number of Topliss-reactive ketones (excluding diaryl/α,β-unsaturated/α-hetero) is 1. The lowest BCUT2D eigenvalue weighted by molar-refractivity contribution is -0.274. The van der Waals surface area contributed by atoms with Crippen LogP contribution in [0, 0.1) is 19.8 Å². The second-order valence-corrected chi connectivity index (χ2v) is 7.54. The maximum Gasteiger partial charge on any atom is 0.573 e. The molecule has 1 aliphatic heterocycles. The smallest absolute Gasteiger partial charge is 0.406 e. The highest BCUT2D eigenvalue weighted by molar-refractivity contribution is 5.99. The van der Waals surface area contributed by atoms with Gasteiger partial charge in [0.2, 0.25) is 5.91 Å². The highest BCUT2D eigenvalue weighted by Crippen LogP contribution is 2.27. The second kappa shape index (κ2) is 8.51. The van der Waals surface area contributed by atoms with Crippen molar-refractivity contribution in [3.8, 4) is 11.4 Å². The number of aromatic nitrogens is 1. The van der Waals surface area contributed by atoms with Crippen LogP contribution >= 0.6 is 0 Å². The molecule has 0 spiro atoms. The van der Waals surface area contributed by atoms with Crippen molar-refractivity contribution in [1.29, 1.82) is 0 Å². The molecule has 1 saturated heterocycles. The minimum Gasteiger partial charge on any atom is -0.406 e. The number of carbonyl (C=O) groups is 2. The Hall–Kier alpha value is -2.81. The third-order valence-electron chi connectivity index (χ3n) is 5.42. The van der Waals surface area contributed by atoms with Crippen LogP contribution in [-0.4, -0.2) is 47.2 Å². The van der Waals surface area contributed by atoms with Gasteiger partial charge in [-0.05, 0) is 70.1 Å². The number of rotatable bonds is 6. The molecule has 2 aromatic rings. The summed E-state index contributed by atoms with van der Waals surface area (Å²) < 4.78 is 42.8. The number of aryl methyl sites for hydroxylation is 1. The van der Waals surface area contributed by atoms with Crippen LogP contribution < -0.4 is 10.5 Å². The molecular weight excluding hydrogens is 399 g/mol. The lowest BCUT2D eigenvalue weighted by Gasteiger charge is -2.29. The van der Waals surface area contributed by atoms with Crippen LogP contribution in [0.5, 0.6) is 5.75 Å². The van der Waals surface area contributed by atoms with E-state index in [1.807, 2.05) is 16.4 Å². The average Bonchev–Trinajstić information content (AvgIpc) is 2.96. The van der Waals surface area contributed by atoms with E-state index in [2.05, 4.69) is 4.74 Å². The Kier molecular flexibility index (Phi) is 6.21. The van der Waals surface area contributed by atoms with Crippen molar-refractivity contribution in [3.63, 3.8) is 0 Å². The van der Waals surface area contributed by atoms with E-state index in [0.29, 0.717) is 42.9 Å². The number of hydrogen-bond acceptors (Lipinski definition) is 4. The van der Waals surface area contributed by atoms with Crippen molar-refractivity contribution < 1.29 is 27.5 Å². The Bertz CT molecular complexity index is 927. The number of nitrogens with two attached hydrogens (primary N) is 1. The van der Waals surface area contributed by atoms with Gasteiger partial charge in [0.05, 0.1) is 6.54 Å². The lowest BCUT2D eigenvalue weighted by atomic mass is 9.96. The minimum absolute atomic E-state index is 0.0381. The minimum atomic E-state index is -4.74. The summed E-state index contributed by atoms with van der Waals surface area (Å²) in [4.78, 5) is 26.2. The maximum atomic E-state index is 12.9. The number of primary amides is 1. The first-order chi connectivity index (χ1) is 14.0. The molecule has 1 aromatic carbocycles. The molecule has 1 fully saturated rings. The number of amides is 1. The topological polar surface area (TPSA) is 77.6 Å². The van der Waals surface area contributed by atoms with Gasteiger partial charge >= 0.3 is 6.36 Å². The highest BCUT2D eigenvalue weighted by Gasteiger charge is 2.31. The predicted molar refractivity (Wildman–Crippen MR) is 105 cm³/mol. The van der Waals surface area contributed by atoms with Gasteiger partial charge in [0, 0.05) is 28.6 Å². The summed E-state index contributed by atoms with van der Waals surface area (Å²) in [6, 6.07) is 7.31. The van der Waals surface area contributed by atoms with E-state index >= 15 is 0 Å². The Morgan fingerprint density at radius 1 is 1.13 bits per heavy atom. The normalized spacial score (nSPS) is 15.9. The number of piperidine rings is 1. The molecule has 162 valence electrons. The molecule has 1 aliphatic rings. The summed E-state index contributed by atoms with van der Waals surface area (Å²) in [6.07, 6.45) is -3.45. The first-order valence-electron chi connectivity index (χ1n) is 9.65. The van der Waals surface area contributed by atoms with Crippen LogP contribution in [0.15, 0.2) is 30.3 Å². The van der Waals surface area contributed by atoms with E-state index in [-0.39, 0.29) is 29.9 Å². The molecule has 3 rings (SSSR count). The monoisotopic (exact) mass is 423 g/mol. The Morgan fingerprint density at radius 2 is 1.73 bits per heavy atom. The van der Waals surface area contributed by atoms with Crippen LogP contribution in [-0.2, 0) is 4.79 Å². The van der Waals surface area contributed by atoms with Crippen molar-refractivity contribution >= 4 is 11.7 Å². The van der Waals surface area contributed by atoms with Gasteiger partial charge in [-0.1, -0.05) is 0 Å². The van der Waals surface area contributed by atoms with Crippen molar-refractivity contribution in [1.82, 2.24) is 9.47 Å². The van der Waals surface area contributed by atoms with Gasteiger partial charge in [-0.2, -0.15) is 0 Å². The van der Waals surface area contributed by atoms with E-state index in [0.717, 1.165) is 5.69 Å². The molecule has 0 aliphatic carbocycles. The molecule has 30 heavy (non-hydrogen) atoms. The summed E-state index contributed by atoms with van der Waals surface area (Å²) >= 11 is 0. The molecule has 0 unspecified atom stereocenters. The Labute approximate surface area is 172 Å². The standard InChI is InChI=1S/C21H24F3N3O3/c1-13-11-18(19(28)12-26-9-7-15(8-10-26)20(25)29)14(2)27(13)16-3-5-17(6-4-16)30-21(22,23)24/h3-6,11,15H,7-10,12H2,1-2H3,(H2,25,29). The van der Waals surface area contributed by atoms with E-state index < -0.39 is 6.36 Å². The molecular formula is C21H24F3N3O3. The first-order valence-corrected chi connectivity index (χ1v) is 9.65. The predicted octanol–water partition coefficient (Wildman–Crippen LogP) is 3.37. The first kappa shape index (κ1) is 21.9. The number of benzene rings is 1. The van der Waals surface area contributed by atoms with Gasteiger partial charge in [0.1, 0.15) is 5.75 Å². The van der Waals surface area contributed by atoms with E-state index in [1.165, 1.54) is 24.3 Å². The van der Waals surface area contributed by atoms with E-state index in [1.54, 1.807) is 13.0 Å². The van der Waals surface area contributed by atoms with Gasteiger partial charge in [-0.25, -0.2) is 0 Å². The zero-order chi connectivity index (χ0) is 22.1. The fraction of sp³-hybridized carbons (Fsp3) is 0.429. The number of halogens is 3. The Morgan fingerprint density at radius 3 is 2.27 bits per heavy atom. The van der Waals surface area contributed by atoms with Gasteiger partial charge in [-0.3, -0.25) is 14.5 Å². The number of likely N-dealkylation sites (tertiary alicyclic amines) is 1. The van der Waals surface area contributed by atoms with Crippen LogP contribution in [0.2, 0.25) is 0 Å². The average molecular weight is 423 g/mol. The molecule has 1 aromatic heterocycles. The highest BCUT2D eigenvalue weighted by atomic mass is 19.4. The van der Waals surface area contributed by atoms with Gasteiger partial charge in [0.15, 0.2) is 5.78 Å². The van der Waals surface area contributed by atoms with Crippen molar-refractivity contribution in [2.45, 2.75) is 33.1 Å². The molecule has 9 heteroatoms. The summed E-state index contributed by atoms with van der Waals surface area (Å²) in [5.41, 5.74) is 8.07. The van der Waals surface area contributed by atoms with Gasteiger partial charge < -0.3 is 15.0 Å². The van der Waals surface area contributed by atoms with Gasteiger partial charge in [0.25, 0.3) is 0 Å². The summed E-state index contributed by atoms with van der Waals surface area (Å²) in [5, 5.41) is 0. The van der Waals surface area contributed by atoms with Crippen LogP contribution in [0.4, 0.5) is 13.2 Å². The molecule has 2 N–H and O–H groups in total. The SMILES string of the molecule is Cc1cc(C(=O)CN2CCC(C(N)=O)CC2)c(C)n1-c1ccc(OC(F)(F)F)cc1. The van der Waals surface area contributed by atoms with Crippen molar-refractivity contribution in [3.05, 3.63) is 47.3 Å². The van der Waals surface area contributed by atoms with E-state index in [4.69, 9.17) is 5.73 Å². The summed E-state index contributed by atoms with van der Waals surface area (Å²) in [7, 11) is 0. The second-order valence-electron chi connectivity index (χ2n) is 7.54. The summed E-state index contributed by atoms with van der Waals surface area (Å²) in [6.45, 7) is 5.16. The number of alkyl halides is 3. The van der Waals surface area contributed by atoms with Crippen molar-refractivity contribution in [2.75, 3.05) is 19.6 Å². The molecule has 1 amide bonds. The Balaban J connectivity index is 1.72. The zero-order valence-corrected chi connectivity index (χ0v) is 16.8. The number of nitrogens with zero attached hydrogens (tertiary/aromatic N) is 2. The summed E-state index contributed by atoms with van der Waals surface area (Å²) in [5.74, 6) is -0.768. The number of ketones is 1. The molecule has 0 atom stereocenters. The van der Waals surface area contributed by atoms with Crippen LogP contribution in [0.25, 0.3) is 5.69 Å². The molecule has 0 bridgehead atoms. The van der Waals surface area contributed by atoms with Crippen molar-refractivity contribution in [2.24, 2.45) is 11.7 Å². The molecule has 2 heterocycles. The number of carbonyl (C=O) groups excluding carboxylic acids is 2. The number of ether oxygens (including phenoxy) is 1. The quantitative estimate of drug-likeness (QED) is 0.723. The fourth-order valence-corrected chi connectivity index (χ4v) is 3.90. The van der Waals surface area contributed by atoms with E-state index in [9.17, 15) is 22.8 Å². The van der Waals surface area contributed by atoms with Crippen LogP contribution in [0.1, 0.15) is 34.6 Å². The third kappa shape index (κ3) is 5.02. The lowest BCUT2D eigenvalue weighted by Crippen LogP contribution is -2.40. The molecule has 0 radical (unpaired) electrons. The zero-order valence-electron chi connectivity index (χ0n) is 16.8. The largest absolute Gasteiger partial charge is 0.573 e. The van der Waals surface area contributed by atoms with Gasteiger partial charge in [-0.15, -0.1) is 13.2 Å².